The lowest BCUT2D eigenvalue weighted by atomic mass is 10.1. The van der Waals surface area contributed by atoms with E-state index in [0.29, 0.717) is 22.3 Å². The summed E-state index contributed by atoms with van der Waals surface area (Å²) in [6.07, 6.45) is 1.31. The fourth-order valence-corrected chi connectivity index (χ4v) is 3.26. The first kappa shape index (κ1) is 20.1. The fraction of sp³-hybridized carbons (Fsp3) is 0.130. The predicted octanol–water partition coefficient (Wildman–Crippen LogP) is 3.22. The zero-order chi connectivity index (χ0) is 22.0. The molecule has 2 amide bonds. The summed E-state index contributed by atoms with van der Waals surface area (Å²) in [5.41, 5.74) is 2.14. The largest absolute Gasteiger partial charge is 0.463 e. The maximum Gasteiger partial charge on any atom is 0.374 e. The Morgan fingerprint density at radius 3 is 2.16 bits per heavy atom. The Labute approximate surface area is 177 Å². The quantitative estimate of drug-likeness (QED) is 0.446. The molecule has 2 aromatic carbocycles. The summed E-state index contributed by atoms with van der Waals surface area (Å²) in [7, 11) is 1.23. The van der Waals surface area contributed by atoms with Gasteiger partial charge in [-0.25, -0.2) is 9.59 Å². The molecule has 156 valence electrons. The van der Waals surface area contributed by atoms with Gasteiger partial charge in [-0.1, -0.05) is 24.3 Å². The molecule has 3 aromatic rings. The number of ether oxygens (including phenoxy) is 2. The van der Waals surface area contributed by atoms with E-state index in [1.807, 2.05) is 0 Å². The third kappa shape index (κ3) is 3.83. The third-order valence-electron chi connectivity index (χ3n) is 4.88. The highest BCUT2D eigenvalue weighted by Crippen LogP contribution is 2.24. The molecule has 2 heterocycles. The highest BCUT2D eigenvalue weighted by atomic mass is 16.5. The van der Waals surface area contributed by atoms with E-state index in [4.69, 9.17) is 9.15 Å². The van der Waals surface area contributed by atoms with Crippen molar-refractivity contribution in [1.29, 1.82) is 0 Å². The smallest absolute Gasteiger partial charge is 0.374 e. The molecule has 4 rings (SSSR count). The van der Waals surface area contributed by atoms with Crippen LogP contribution in [0.25, 0.3) is 0 Å². The Morgan fingerprint density at radius 1 is 0.903 bits per heavy atom. The summed E-state index contributed by atoms with van der Waals surface area (Å²) in [4.78, 5) is 50.0. The molecule has 1 aromatic heterocycles. The Kier molecular flexibility index (Phi) is 5.36. The summed E-state index contributed by atoms with van der Waals surface area (Å²) in [5.74, 6) is -1.96. The number of carbonyl (C=O) groups is 4. The zero-order valence-electron chi connectivity index (χ0n) is 16.5. The monoisotopic (exact) mass is 419 g/mol. The zero-order valence-corrected chi connectivity index (χ0v) is 16.5. The van der Waals surface area contributed by atoms with Gasteiger partial charge in [0.25, 0.3) is 11.8 Å². The molecule has 0 radical (unpaired) electrons. The fourth-order valence-electron chi connectivity index (χ4n) is 3.26. The van der Waals surface area contributed by atoms with E-state index in [-0.39, 0.29) is 36.3 Å². The van der Waals surface area contributed by atoms with Gasteiger partial charge in [0.15, 0.2) is 0 Å². The average molecular weight is 419 g/mol. The van der Waals surface area contributed by atoms with Crippen molar-refractivity contribution < 1.29 is 33.1 Å². The van der Waals surface area contributed by atoms with Crippen LogP contribution in [-0.4, -0.2) is 35.8 Å². The molecule has 8 nitrogen and oxygen atoms in total. The highest BCUT2D eigenvalue weighted by Gasteiger charge is 2.34. The van der Waals surface area contributed by atoms with Gasteiger partial charge in [-0.3, -0.25) is 14.5 Å². The predicted molar refractivity (Wildman–Crippen MR) is 106 cm³/mol. The Balaban J connectivity index is 1.39. The Morgan fingerprint density at radius 2 is 1.55 bits per heavy atom. The molecule has 0 aliphatic carbocycles. The molecule has 0 saturated heterocycles. The lowest BCUT2D eigenvalue weighted by Crippen LogP contribution is -2.29. The number of imide groups is 1. The number of methoxy groups -OCH3 is 1. The molecule has 1 aliphatic heterocycles. The van der Waals surface area contributed by atoms with Gasteiger partial charge in [0.05, 0.1) is 36.6 Å². The van der Waals surface area contributed by atoms with Crippen molar-refractivity contribution in [2.45, 2.75) is 13.2 Å². The first-order chi connectivity index (χ1) is 15.0. The van der Waals surface area contributed by atoms with E-state index in [9.17, 15) is 19.2 Å². The lowest BCUT2D eigenvalue weighted by Gasteiger charge is -2.14. The molecule has 31 heavy (non-hydrogen) atoms. The van der Waals surface area contributed by atoms with E-state index >= 15 is 0 Å². The van der Waals surface area contributed by atoms with Crippen molar-refractivity contribution in [2.75, 3.05) is 7.11 Å². The van der Waals surface area contributed by atoms with Crippen LogP contribution in [0.3, 0.4) is 0 Å². The molecular weight excluding hydrogens is 402 g/mol. The molecule has 0 bridgehead atoms. The van der Waals surface area contributed by atoms with Crippen LogP contribution in [0.2, 0.25) is 0 Å². The Bertz CT molecular complexity index is 1140. The number of fused-ring (bicyclic) bond motifs is 1. The van der Waals surface area contributed by atoms with Crippen LogP contribution in [0.1, 0.15) is 52.8 Å². The minimum absolute atomic E-state index is 0.0217. The highest BCUT2D eigenvalue weighted by molar-refractivity contribution is 6.21. The summed E-state index contributed by atoms with van der Waals surface area (Å²) >= 11 is 0. The van der Waals surface area contributed by atoms with Crippen LogP contribution in [-0.2, 0) is 22.6 Å². The number of esters is 2. The summed E-state index contributed by atoms with van der Waals surface area (Å²) < 4.78 is 14.9. The van der Waals surface area contributed by atoms with Crippen molar-refractivity contribution in [3.05, 3.63) is 94.4 Å². The minimum Gasteiger partial charge on any atom is -0.463 e. The van der Waals surface area contributed by atoms with E-state index in [0.717, 1.165) is 0 Å². The van der Waals surface area contributed by atoms with Crippen LogP contribution >= 0.6 is 0 Å². The molecule has 1 aliphatic rings. The second-order valence-electron chi connectivity index (χ2n) is 6.78. The maximum absolute atomic E-state index is 12.5. The van der Waals surface area contributed by atoms with Crippen LogP contribution in [0.15, 0.2) is 65.3 Å². The van der Waals surface area contributed by atoms with Crippen molar-refractivity contribution >= 4 is 23.8 Å². The van der Waals surface area contributed by atoms with E-state index in [1.54, 1.807) is 48.5 Å². The number of hydrogen-bond donors (Lipinski definition) is 0. The van der Waals surface area contributed by atoms with Gasteiger partial charge in [-0.2, -0.15) is 0 Å². The first-order valence-corrected chi connectivity index (χ1v) is 9.35. The van der Waals surface area contributed by atoms with Crippen LogP contribution in [0.4, 0.5) is 0 Å². The standard InChI is InChI=1S/C23H17NO7/c1-29-23(28)19-16(10-11-30-19)13-31-22(27)15-8-6-14(7-9-15)12-24-20(25)17-4-2-3-5-18(17)21(24)26/h2-11H,12-13H2,1H3. The normalized spacial score (nSPS) is 12.6. The minimum atomic E-state index is -0.659. The first-order valence-electron chi connectivity index (χ1n) is 9.35. The molecule has 8 heteroatoms. The Hall–Kier alpha value is -4.20. The number of benzene rings is 2. The van der Waals surface area contributed by atoms with Crippen LogP contribution in [0, 0.1) is 0 Å². The molecule has 0 saturated carbocycles. The van der Waals surface area contributed by atoms with E-state index < -0.39 is 11.9 Å². The van der Waals surface area contributed by atoms with E-state index in [2.05, 4.69) is 4.74 Å². The molecule has 0 spiro atoms. The molecule has 0 atom stereocenters. The number of hydrogen-bond acceptors (Lipinski definition) is 7. The molecule has 0 fully saturated rings. The van der Waals surface area contributed by atoms with Gasteiger partial charge in [-0.05, 0) is 35.9 Å². The summed E-state index contributed by atoms with van der Waals surface area (Å²) in [6, 6.07) is 14.6. The molecule has 0 unspecified atom stereocenters. The molecule has 0 N–H and O–H groups in total. The van der Waals surface area contributed by atoms with Crippen molar-refractivity contribution in [1.82, 2.24) is 4.90 Å². The van der Waals surface area contributed by atoms with Crippen molar-refractivity contribution in [3.8, 4) is 0 Å². The van der Waals surface area contributed by atoms with Crippen molar-refractivity contribution in [2.24, 2.45) is 0 Å². The number of furan rings is 1. The molecular formula is C23H17NO7. The van der Waals surface area contributed by atoms with Crippen LogP contribution < -0.4 is 0 Å². The van der Waals surface area contributed by atoms with Crippen molar-refractivity contribution in [3.63, 3.8) is 0 Å². The van der Waals surface area contributed by atoms with Gasteiger partial charge < -0.3 is 13.9 Å². The third-order valence-corrected chi connectivity index (χ3v) is 4.88. The van der Waals surface area contributed by atoms with Gasteiger partial charge in [-0.15, -0.1) is 0 Å². The van der Waals surface area contributed by atoms with Gasteiger partial charge in [0.2, 0.25) is 5.76 Å². The summed E-state index contributed by atoms with van der Waals surface area (Å²) in [6.45, 7) is -0.0598. The number of rotatable bonds is 6. The second-order valence-corrected chi connectivity index (χ2v) is 6.78. The number of amides is 2. The van der Waals surface area contributed by atoms with E-state index in [1.165, 1.54) is 24.3 Å². The lowest BCUT2D eigenvalue weighted by molar-refractivity contribution is 0.0453. The topological polar surface area (TPSA) is 103 Å². The summed E-state index contributed by atoms with van der Waals surface area (Å²) in [5, 5.41) is 0. The maximum atomic E-state index is 12.5. The van der Waals surface area contributed by atoms with Gasteiger partial charge in [0.1, 0.15) is 6.61 Å². The number of carbonyl (C=O) groups excluding carboxylic acids is 4. The van der Waals surface area contributed by atoms with Gasteiger partial charge in [0, 0.05) is 5.56 Å². The average Bonchev–Trinajstić information content (AvgIpc) is 3.36. The van der Waals surface area contributed by atoms with Crippen LogP contribution in [0.5, 0.6) is 0 Å². The van der Waals surface area contributed by atoms with Gasteiger partial charge >= 0.3 is 11.9 Å². The SMILES string of the molecule is COC(=O)c1occc1COC(=O)c1ccc(CN2C(=O)c3ccccc3C2=O)cc1. The number of nitrogens with zero attached hydrogens (tertiary/aromatic N) is 1. The second kappa shape index (κ2) is 8.27.